The fourth-order valence-corrected chi connectivity index (χ4v) is 2.87. The van der Waals surface area contributed by atoms with Crippen LogP contribution in [0.1, 0.15) is 16.1 Å². The number of amides is 1. The van der Waals surface area contributed by atoms with Crippen molar-refractivity contribution < 1.29 is 14.5 Å². The van der Waals surface area contributed by atoms with Crippen molar-refractivity contribution in [3.63, 3.8) is 0 Å². The summed E-state index contributed by atoms with van der Waals surface area (Å²) >= 11 is 11.9. The third-order valence-electron chi connectivity index (χ3n) is 3.96. The molecule has 28 heavy (non-hydrogen) atoms. The summed E-state index contributed by atoms with van der Waals surface area (Å²) in [6.45, 7) is 1.74. The molecule has 2 aromatic carbocycles. The van der Waals surface area contributed by atoms with E-state index in [0.29, 0.717) is 16.3 Å². The molecule has 1 heterocycles. The third kappa shape index (κ3) is 4.24. The number of aryl methyl sites for hydroxylation is 1. The summed E-state index contributed by atoms with van der Waals surface area (Å²) in [5, 5.41) is 18.6. The number of rotatable bonds is 5. The van der Waals surface area contributed by atoms with Crippen LogP contribution in [0.25, 0.3) is 0 Å². The molecule has 8 nitrogen and oxygen atoms in total. The minimum Gasteiger partial charge on any atom is -0.455 e. The number of nitrogens with zero attached hydrogens (tertiary/aromatic N) is 3. The van der Waals surface area contributed by atoms with Gasteiger partial charge in [0.15, 0.2) is 0 Å². The van der Waals surface area contributed by atoms with Gasteiger partial charge in [0.1, 0.15) is 11.5 Å². The first-order valence-corrected chi connectivity index (χ1v) is 8.72. The van der Waals surface area contributed by atoms with Gasteiger partial charge in [-0.3, -0.25) is 19.6 Å². The van der Waals surface area contributed by atoms with Crippen LogP contribution in [0.2, 0.25) is 10.0 Å². The fourth-order valence-electron chi connectivity index (χ4n) is 2.42. The first-order chi connectivity index (χ1) is 13.2. The molecule has 0 bridgehead atoms. The van der Waals surface area contributed by atoms with Gasteiger partial charge in [0, 0.05) is 29.9 Å². The normalized spacial score (nSPS) is 10.6. The highest BCUT2D eigenvalue weighted by atomic mass is 35.5. The summed E-state index contributed by atoms with van der Waals surface area (Å²) in [5.41, 5.74) is 0.966. The van der Waals surface area contributed by atoms with E-state index in [1.165, 1.54) is 30.5 Å². The van der Waals surface area contributed by atoms with Crippen LogP contribution in [0.4, 0.5) is 11.4 Å². The average Bonchev–Trinajstić information content (AvgIpc) is 2.96. The largest absolute Gasteiger partial charge is 0.455 e. The van der Waals surface area contributed by atoms with Gasteiger partial charge < -0.3 is 10.1 Å². The van der Waals surface area contributed by atoms with Gasteiger partial charge in [-0.15, -0.1) is 0 Å². The van der Waals surface area contributed by atoms with Crippen LogP contribution in [0, 0.1) is 17.0 Å². The number of nitro groups is 1. The van der Waals surface area contributed by atoms with Gasteiger partial charge >= 0.3 is 0 Å². The fraction of sp³-hybridized carbons (Fsp3) is 0.111. The molecule has 144 valence electrons. The molecule has 0 atom stereocenters. The molecule has 10 heteroatoms. The third-order valence-corrected chi connectivity index (χ3v) is 4.49. The summed E-state index contributed by atoms with van der Waals surface area (Å²) in [4.78, 5) is 23.2. The zero-order valence-electron chi connectivity index (χ0n) is 14.8. The topological polar surface area (TPSA) is 99.3 Å². The van der Waals surface area contributed by atoms with Crippen molar-refractivity contribution in [1.82, 2.24) is 9.78 Å². The van der Waals surface area contributed by atoms with Crippen molar-refractivity contribution in [2.75, 3.05) is 5.32 Å². The predicted octanol–water partition coefficient (Wildman–Crippen LogP) is 4.99. The van der Waals surface area contributed by atoms with Crippen molar-refractivity contribution in [3.05, 3.63) is 74.0 Å². The van der Waals surface area contributed by atoms with Gasteiger partial charge in [0.25, 0.3) is 11.6 Å². The molecule has 1 amide bonds. The average molecular weight is 421 g/mol. The summed E-state index contributed by atoms with van der Waals surface area (Å²) in [6.07, 6.45) is 1.42. The van der Waals surface area contributed by atoms with Crippen LogP contribution < -0.4 is 10.1 Å². The molecule has 3 aromatic rings. The van der Waals surface area contributed by atoms with Gasteiger partial charge in [0.2, 0.25) is 0 Å². The summed E-state index contributed by atoms with van der Waals surface area (Å²) in [6, 6.07) is 8.54. The molecule has 0 spiro atoms. The molecule has 0 fully saturated rings. The van der Waals surface area contributed by atoms with Crippen LogP contribution in [0.15, 0.2) is 42.6 Å². The summed E-state index contributed by atoms with van der Waals surface area (Å²) < 4.78 is 7.20. The number of hydrogen-bond acceptors (Lipinski definition) is 5. The van der Waals surface area contributed by atoms with E-state index in [0.717, 1.165) is 0 Å². The van der Waals surface area contributed by atoms with E-state index in [4.69, 9.17) is 27.9 Å². The second-order valence-corrected chi connectivity index (χ2v) is 6.71. The first kappa shape index (κ1) is 19.7. The lowest BCUT2D eigenvalue weighted by Gasteiger charge is -2.10. The lowest BCUT2D eigenvalue weighted by molar-refractivity contribution is -0.384. The summed E-state index contributed by atoms with van der Waals surface area (Å²) in [7, 11) is 1.71. The van der Waals surface area contributed by atoms with Gasteiger partial charge in [0.05, 0.1) is 33.5 Å². The number of non-ortho nitro benzene ring substituents is 1. The molecule has 0 aliphatic rings. The van der Waals surface area contributed by atoms with Crippen molar-refractivity contribution in [3.8, 4) is 11.5 Å². The Balaban J connectivity index is 1.92. The molecular weight excluding hydrogens is 407 g/mol. The number of carbonyl (C=O) groups is 1. The summed E-state index contributed by atoms with van der Waals surface area (Å²) in [5.74, 6) is -0.0369. The molecule has 3 rings (SSSR count). The molecule has 1 N–H and O–H groups in total. The van der Waals surface area contributed by atoms with E-state index in [2.05, 4.69) is 10.4 Å². The van der Waals surface area contributed by atoms with E-state index in [1.807, 2.05) is 0 Å². The number of benzene rings is 2. The maximum atomic E-state index is 12.5. The van der Waals surface area contributed by atoms with Crippen molar-refractivity contribution in [1.29, 1.82) is 0 Å². The number of anilines is 1. The van der Waals surface area contributed by atoms with Crippen LogP contribution in [0.3, 0.4) is 0 Å². The Hall–Kier alpha value is -3.10. The quantitative estimate of drug-likeness (QED) is 0.462. The highest BCUT2D eigenvalue weighted by Gasteiger charge is 2.17. The maximum absolute atomic E-state index is 12.5. The van der Waals surface area contributed by atoms with E-state index in [1.54, 1.807) is 30.8 Å². The Kier molecular flexibility index (Phi) is 5.53. The number of carbonyl (C=O) groups excluding carboxylic acids is 1. The lowest BCUT2D eigenvalue weighted by atomic mass is 10.2. The van der Waals surface area contributed by atoms with Crippen molar-refractivity contribution in [2.24, 2.45) is 7.05 Å². The maximum Gasteiger partial charge on any atom is 0.275 e. The number of aromatic nitrogens is 2. The van der Waals surface area contributed by atoms with E-state index < -0.39 is 10.8 Å². The van der Waals surface area contributed by atoms with Crippen molar-refractivity contribution >= 4 is 40.5 Å². The van der Waals surface area contributed by atoms with Gasteiger partial charge in [-0.25, -0.2) is 0 Å². The molecule has 0 unspecified atom stereocenters. The zero-order chi connectivity index (χ0) is 20.4. The van der Waals surface area contributed by atoms with Gasteiger partial charge in [-0.1, -0.05) is 23.2 Å². The smallest absolute Gasteiger partial charge is 0.275 e. The Bertz CT molecular complexity index is 1080. The van der Waals surface area contributed by atoms with Gasteiger partial charge in [-0.2, -0.15) is 5.10 Å². The molecule has 1 aromatic heterocycles. The molecule has 0 saturated heterocycles. The zero-order valence-corrected chi connectivity index (χ0v) is 16.3. The minimum atomic E-state index is -0.582. The van der Waals surface area contributed by atoms with E-state index in [-0.39, 0.29) is 27.9 Å². The second-order valence-electron chi connectivity index (χ2n) is 5.87. The molecule has 0 aliphatic carbocycles. The second kappa shape index (κ2) is 7.87. The highest BCUT2D eigenvalue weighted by Crippen LogP contribution is 2.34. The number of nitrogens with one attached hydrogen (secondary N) is 1. The molecular formula is C18H14Cl2N4O4. The Morgan fingerprint density at radius 2 is 2.00 bits per heavy atom. The number of hydrogen-bond donors (Lipinski definition) is 1. The SMILES string of the molecule is Cc1c(C(=O)Nc2cc(Oc3ccc(Cl)cc3Cl)cc([N+](=O)[O-])c2)cnn1C. The molecule has 0 saturated carbocycles. The number of halogens is 2. The number of nitro benzene ring substituents is 1. The first-order valence-electron chi connectivity index (χ1n) is 7.97. The Morgan fingerprint density at radius 1 is 1.25 bits per heavy atom. The van der Waals surface area contributed by atoms with E-state index >= 15 is 0 Å². The monoisotopic (exact) mass is 420 g/mol. The standard InChI is InChI=1S/C18H14Cl2N4O4/c1-10-15(9-21-23(10)2)18(25)22-12-6-13(24(26)27)8-14(7-12)28-17-4-3-11(19)5-16(17)20/h3-9H,1-2H3,(H,22,25). The van der Waals surface area contributed by atoms with Gasteiger partial charge in [-0.05, 0) is 25.1 Å². The van der Waals surface area contributed by atoms with Crippen LogP contribution in [-0.2, 0) is 7.05 Å². The van der Waals surface area contributed by atoms with E-state index in [9.17, 15) is 14.9 Å². The highest BCUT2D eigenvalue weighted by molar-refractivity contribution is 6.35. The molecule has 0 aliphatic heterocycles. The van der Waals surface area contributed by atoms with Crippen LogP contribution >= 0.6 is 23.2 Å². The number of ether oxygens (including phenoxy) is 1. The minimum absolute atomic E-state index is 0.136. The predicted molar refractivity (Wildman–Crippen MR) is 106 cm³/mol. The Morgan fingerprint density at radius 3 is 2.61 bits per heavy atom. The molecule has 0 radical (unpaired) electrons. The Labute approximate surface area is 169 Å². The van der Waals surface area contributed by atoms with Crippen LogP contribution in [0.5, 0.6) is 11.5 Å². The lowest BCUT2D eigenvalue weighted by Crippen LogP contribution is -2.13. The van der Waals surface area contributed by atoms with Crippen LogP contribution in [-0.4, -0.2) is 20.6 Å². The van der Waals surface area contributed by atoms with Crippen molar-refractivity contribution in [2.45, 2.75) is 6.92 Å².